The third-order valence-electron chi connectivity index (χ3n) is 4.68. The van der Waals surface area contributed by atoms with E-state index >= 15 is 0 Å². The van der Waals surface area contributed by atoms with Crippen molar-refractivity contribution in [3.63, 3.8) is 0 Å². The van der Waals surface area contributed by atoms with Gasteiger partial charge < -0.3 is 15.4 Å². The number of carbonyl (C=O) groups excluding carboxylic acids is 1. The van der Waals surface area contributed by atoms with Gasteiger partial charge in [-0.1, -0.05) is 36.4 Å². The summed E-state index contributed by atoms with van der Waals surface area (Å²) in [6, 6.07) is 13.5. The Kier molecular flexibility index (Phi) is 6.23. The van der Waals surface area contributed by atoms with Gasteiger partial charge in [-0.2, -0.15) is 0 Å². The normalized spacial score (nSPS) is 14.7. The minimum atomic E-state index is -0.387. The standard InChI is InChI=1S/C21H27N3O2/c1-15(24-19-10-11-19)18-13-17(9-6-12-22-21(25)26-2)20(23-14-18)16-7-4-3-5-8-16/h3-5,7-8,13-15,19,24H,6,9-12H2,1-2H3,(H,22,25). The summed E-state index contributed by atoms with van der Waals surface area (Å²) >= 11 is 0. The van der Waals surface area contributed by atoms with Crippen LogP contribution in [0.1, 0.15) is 43.4 Å². The van der Waals surface area contributed by atoms with Crippen LogP contribution in [0.5, 0.6) is 0 Å². The molecule has 1 aromatic carbocycles. The second-order valence-corrected chi connectivity index (χ2v) is 6.83. The average molecular weight is 353 g/mol. The molecule has 26 heavy (non-hydrogen) atoms. The molecular weight excluding hydrogens is 326 g/mol. The van der Waals surface area contributed by atoms with Crippen molar-refractivity contribution >= 4 is 6.09 Å². The molecule has 2 aromatic rings. The van der Waals surface area contributed by atoms with Crippen molar-refractivity contribution in [1.82, 2.24) is 15.6 Å². The Morgan fingerprint density at radius 2 is 2.08 bits per heavy atom. The van der Waals surface area contributed by atoms with Crippen molar-refractivity contribution in [2.45, 2.75) is 44.7 Å². The molecule has 0 bridgehead atoms. The van der Waals surface area contributed by atoms with Crippen LogP contribution in [0.2, 0.25) is 0 Å². The van der Waals surface area contributed by atoms with Crippen molar-refractivity contribution in [3.8, 4) is 11.3 Å². The minimum absolute atomic E-state index is 0.298. The summed E-state index contributed by atoms with van der Waals surface area (Å²) in [5.41, 5.74) is 4.57. The number of aromatic nitrogens is 1. The second-order valence-electron chi connectivity index (χ2n) is 6.83. The minimum Gasteiger partial charge on any atom is -0.453 e. The van der Waals surface area contributed by atoms with Crippen LogP contribution >= 0.6 is 0 Å². The fraction of sp³-hybridized carbons (Fsp3) is 0.429. The Balaban J connectivity index is 1.75. The van der Waals surface area contributed by atoms with Gasteiger partial charge in [0.2, 0.25) is 0 Å². The van der Waals surface area contributed by atoms with Gasteiger partial charge in [-0.3, -0.25) is 4.98 Å². The maximum Gasteiger partial charge on any atom is 0.406 e. The van der Waals surface area contributed by atoms with Gasteiger partial charge in [-0.15, -0.1) is 0 Å². The number of aryl methyl sites for hydroxylation is 1. The fourth-order valence-corrected chi connectivity index (χ4v) is 3.05. The van der Waals surface area contributed by atoms with E-state index in [2.05, 4.69) is 40.5 Å². The number of hydrogen-bond acceptors (Lipinski definition) is 4. The molecule has 0 radical (unpaired) electrons. The number of rotatable bonds is 8. The van der Waals surface area contributed by atoms with Crippen LogP contribution in [0, 0.1) is 0 Å². The predicted octanol–water partition coefficient (Wildman–Crippen LogP) is 3.85. The van der Waals surface area contributed by atoms with Gasteiger partial charge in [0.25, 0.3) is 0 Å². The van der Waals surface area contributed by atoms with Crippen molar-refractivity contribution in [2.75, 3.05) is 13.7 Å². The molecule has 1 aliphatic carbocycles. The van der Waals surface area contributed by atoms with Gasteiger partial charge in [0.1, 0.15) is 0 Å². The highest BCUT2D eigenvalue weighted by Gasteiger charge is 2.23. The first-order chi connectivity index (χ1) is 12.7. The highest BCUT2D eigenvalue weighted by Crippen LogP contribution is 2.27. The van der Waals surface area contributed by atoms with Crippen LogP contribution in [0.25, 0.3) is 11.3 Å². The van der Waals surface area contributed by atoms with E-state index in [-0.39, 0.29) is 6.09 Å². The van der Waals surface area contributed by atoms with Gasteiger partial charge in [0.05, 0.1) is 12.8 Å². The number of amides is 1. The molecule has 138 valence electrons. The maximum absolute atomic E-state index is 11.2. The van der Waals surface area contributed by atoms with Crippen LogP contribution in [0.3, 0.4) is 0 Å². The summed E-state index contributed by atoms with van der Waals surface area (Å²) in [7, 11) is 1.38. The van der Waals surface area contributed by atoms with Crippen molar-refractivity contribution in [1.29, 1.82) is 0 Å². The maximum atomic E-state index is 11.2. The van der Waals surface area contributed by atoms with E-state index in [1.807, 2.05) is 24.4 Å². The van der Waals surface area contributed by atoms with E-state index in [0.717, 1.165) is 24.1 Å². The molecule has 0 spiro atoms. The summed E-state index contributed by atoms with van der Waals surface area (Å²) < 4.78 is 4.62. The molecular formula is C21H27N3O2. The molecule has 1 aliphatic rings. The Morgan fingerprint density at radius 3 is 2.77 bits per heavy atom. The number of methoxy groups -OCH3 is 1. The summed E-state index contributed by atoms with van der Waals surface area (Å²) in [4.78, 5) is 16.0. The monoisotopic (exact) mass is 353 g/mol. The number of ether oxygens (including phenoxy) is 1. The summed E-state index contributed by atoms with van der Waals surface area (Å²) in [6.07, 6.45) is 5.83. The Bertz CT molecular complexity index is 729. The largest absolute Gasteiger partial charge is 0.453 e. The summed E-state index contributed by atoms with van der Waals surface area (Å²) in [5.74, 6) is 0. The molecule has 3 rings (SSSR count). The van der Waals surface area contributed by atoms with E-state index in [0.29, 0.717) is 18.6 Å². The number of pyridine rings is 1. The number of nitrogens with zero attached hydrogens (tertiary/aromatic N) is 1. The molecule has 1 amide bonds. The van der Waals surface area contributed by atoms with Crippen LogP contribution in [-0.4, -0.2) is 30.8 Å². The zero-order valence-corrected chi connectivity index (χ0v) is 15.5. The van der Waals surface area contributed by atoms with Crippen LogP contribution in [0.4, 0.5) is 4.79 Å². The van der Waals surface area contributed by atoms with Gasteiger partial charge >= 0.3 is 6.09 Å². The highest BCUT2D eigenvalue weighted by molar-refractivity contribution is 5.66. The number of alkyl carbamates (subject to hydrolysis) is 1. The van der Waals surface area contributed by atoms with E-state index < -0.39 is 0 Å². The van der Waals surface area contributed by atoms with Crippen molar-refractivity contribution in [2.24, 2.45) is 0 Å². The zero-order valence-electron chi connectivity index (χ0n) is 15.5. The lowest BCUT2D eigenvalue weighted by Gasteiger charge is -2.17. The summed E-state index contributed by atoms with van der Waals surface area (Å²) in [6.45, 7) is 2.78. The summed E-state index contributed by atoms with van der Waals surface area (Å²) in [5, 5.41) is 6.37. The van der Waals surface area contributed by atoms with E-state index in [4.69, 9.17) is 4.98 Å². The van der Waals surface area contributed by atoms with Crippen LogP contribution in [0.15, 0.2) is 42.6 Å². The lowest BCUT2D eigenvalue weighted by molar-refractivity contribution is 0.171. The number of benzene rings is 1. The molecule has 0 saturated heterocycles. The van der Waals surface area contributed by atoms with Gasteiger partial charge in [-0.25, -0.2) is 4.79 Å². The molecule has 1 saturated carbocycles. The van der Waals surface area contributed by atoms with Gasteiger partial charge in [-0.05, 0) is 43.7 Å². The number of carbonyl (C=O) groups is 1. The van der Waals surface area contributed by atoms with Crippen molar-refractivity contribution < 1.29 is 9.53 Å². The SMILES string of the molecule is COC(=O)NCCCc1cc(C(C)NC2CC2)cnc1-c1ccccc1. The molecule has 5 nitrogen and oxygen atoms in total. The molecule has 1 atom stereocenters. The molecule has 1 unspecified atom stereocenters. The van der Waals surface area contributed by atoms with E-state index in [1.54, 1.807) is 0 Å². The first-order valence-corrected chi connectivity index (χ1v) is 9.29. The lowest BCUT2D eigenvalue weighted by Crippen LogP contribution is -2.24. The predicted molar refractivity (Wildman–Crippen MR) is 103 cm³/mol. The molecule has 1 fully saturated rings. The number of nitrogens with one attached hydrogen (secondary N) is 2. The highest BCUT2D eigenvalue weighted by atomic mass is 16.5. The topological polar surface area (TPSA) is 63.2 Å². The van der Waals surface area contributed by atoms with Crippen molar-refractivity contribution in [3.05, 3.63) is 53.7 Å². The third-order valence-corrected chi connectivity index (χ3v) is 4.68. The molecule has 1 aromatic heterocycles. The first-order valence-electron chi connectivity index (χ1n) is 9.29. The molecule has 2 N–H and O–H groups in total. The van der Waals surface area contributed by atoms with Crippen LogP contribution < -0.4 is 10.6 Å². The zero-order chi connectivity index (χ0) is 18.4. The Morgan fingerprint density at radius 1 is 1.31 bits per heavy atom. The van der Waals surface area contributed by atoms with Crippen LogP contribution in [-0.2, 0) is 11.2 Å². The molecule has 5 heteroatoms. The van der Waals surface area contributed by atoms with Gasteiger partial charge in [0.15, 0.2) is 0 Å². The second kappa shape index (κ2) is 8.81. The average Bonchev–Trinajstić information content (AvgIpc) is 3.49. The quantitative estimate of drug-likeness (QED) is 0.708. The molecule has 1 heterocycles. The third kappa shape index (κ3) is 5.05. The Labute approximate surface area is 155 Å². The van der Waals surface area contributed by atoms with E-state index in [9.17, 15) is 4.79 Å². The first kappa shape index (κ1) is 18.4. The van der Waals surface area contributed by atoms with Gasteiger partial charge in [0, 0.05) is 30.4 Å². The van der Waals surface area contributed by atoms with E-state index in [1.165, 1.54) is 31.1 Å². The fourth-order valence-electron chi connectivity index (χ4n) is 3.05. The number of hydrogen-bond donors (Lipinski definition) is 2. The smallest absolute Gasteiger partial charge is 0.406 e. The molecule has 0 aliphatic heterocycles. The Hall–Kier alpha value is -2.40. The lowest BCUT2D eigenvalue weighted by atomic mass is 9.98.